The van der Waals surface area contributed by atoms with Crippen molar-refractivity contribution in [3.05, 3.63) is 59.5 Å². The lowest BCUT2D eigenvalue weighted by molar-refractivity contribution is 0.0692. The first-order chi connectivity index (χ1) is 12.1. The molecule has 5 nitrogen and oxygen atoms in total. The van der Waals surface area contributed by atoms with E-state index >= 15 is 0 Å². The number of nitrogens with zero attached hydrogens (tertiary/aromatic N) is 3. The Hall–Kier alpha value is -2.76. The number of likely N-dealkylation sites (tertiary alicyclic amines) is 1. The van der Waals surface area contributed by atoms with Crippen LogP contribution < -0.4 is 0 Å². The largest absolute Gasteiger partial charge is 0.440 e. The molecule has 4 rings (SSSR count). The highest BCUT2D eigenvalue weighted by atomic mass is 19.1. The van der Waals surface area contributed by atoms with Crippen molar-refractivity contribution in [1.82, 2.24) is 14.9 Å². The van der Waals surface area contributed by atoms with E-state index in [0.29, 0.717) is 30.2 Å². The Bertz CT molecular complexity index is 904. The third-order valence-corrected chi connectivity index (χ3v) is 4.62. The number of carbonyl (C=O) groups excluding carboxylic acids is 1. The maximum absolute atomic E-state index is 13.2. The number of oxazole rings is 1. The molecule has 1 fully saturated rings. The van der Waals surface area contributed by atoms with Crippen molar-refractivity contribution < 1.29 is 13.6 Å². The summed E-state index contributed by atoms with van der Waals surface area (Å²) in [5, 5.41) is 0. The highest BCUT2D eigenvalue weighted by molar-refractivity contribution is 5.93. The van der Waals surface area contributed by atoms with Crippen molar-refractivity contribution in [2.24, 2.45) is 0 Å². The second-order valence-corrected chi connectivity index (χ2v) is 6.43. The van der Waals surface area contributed by atoms with E-state index in [1.807, 2.05) is 24.3 Å². The molecule has 128 valence electrons. The summed E-state index contributed by atoms with van der Waals surface area (Å²) in [5.74, 6) is 0.128. The lowest BCUT2D eigenvalue weighted by Crippen LogP contribution is -2.39. The number of piperidine rings is 1. The summed E-state index contributed by atoms with van der Waals surface area (Å²) in [6.07, 6.45) is 2.88. The van der Waals surface area contributed by atoms with E-state index in [4.69, 9.17) is 4.42 Å². The molecule has 3 heterocycles. The van der Waals surface area contributed by atoms with E-state index < -0.39 is 5.82 Å². The molecule has 0 radical (unpaired) electrons. The van der Waals surface area contributed by atoms with Gasteiger partial charge in [-0.3, -0.25) is 4.79 Å². The average molecular weight is 339 g/mol. The number of para-hydroxylation sites is 2. The minimum absolute atomic E-state index is 0.0610. The van der Waals surface area contributed by atoms with Crippen molar-refractivity contribution in [1.29, 1.82) is 0 Å². The van der Waals surface area contributed by atoms with E-state index in [2.05, 4.69) is 9.97 Å². The Morgan fingerprint density at radius 1 is 1.36 bits per heavy atom. The zero-order valence-electron chi connectivity index (χ0n) is 13.9. The Balaban J connectivity index is 1.57. The summed E-state index contributed by atoms with van der Waals surface area (Å²) in [6, 6.07) is 8.98. The third kappa shape index (κ3) is 2.99. The standard InChI is InChI=1S/C19H18FN3O2/c1-12-9-14(20)10-21-17(12)19(24)23-8-4-5-13(11-23)18-22-15-6-2-3-7-16(15)25-18/h2-3,6-7,9-10,13H,4-5,8,11H2,1H3. The molecule has 1 aliphatic heterocycles. The molecule has 25 heavy (non-hydrogen) atoms. The molecule has 0 spiro atoms. The SMILES string of the molecule is Cc1cc(F)cnc1C(=O)N1CCCC(c2nc3ccccc3o2)C1. The van der Waals surface area contributed by atoms with Gasteiger partial charge in [0.15, 0.2) is 11.5 Å². The number of benzene rings is 1. The molecule has 3 aromatic rings. The van der Waals surface area contributed by atoms with Crippen LogP contribution in [-0.4, -0.2) is 33.9 Å². The van der Waals surface area contributed by atoms with Crippen molar-refractivity contribution in [2.45, 2.75) is 25.7 Å². The monoisotopic (exact) mass is 339 g/mol. The molecule has 2 aromatic heterocycles. The highest BCUT2D eigenvalue weighted by Gasteiger charge is 2.29. The first-order valence-electron chi connectivity index (χ1n) is 8.38. The normalized spacial score (nSPS) is 17.8. The van der Waals surface area contributed by atoms with Gasteiger partial charge in [0.05, 0.1) is 12.1 Å². The Labute approximate surface area is 144 Å². The molecule has 1 atom stereocenters. The van der Waals surface area contributed by atoms with Gasteiger partial charge in [0.25, 0.3) is 5.91 Å². The van der Waals surface area contributed by atoms with Crippen LogP contribution in [0.3, 0.4) is 0 Å². The summed E-state index contributed by atoms with van der Waals surface area (Å²) in [4.78, 5) is 23.1. The van der Waals surface area contributed by atoms with Gasteiger partial charge in [-0.05, 0) is 43.5 Å². The lowest BCUT2D eigenvalue weighted by atomic mass is 9.97. The van der Waals surface area contributed by atoms with Crippen LogP contribution in [0.4, 0.5) is 4.39 Å². The number of rotatable bonds is 2. The predicted molar refractivity (Wildman–Crippen MR) is 90.8 cm³/mol. The van der Waals surface area contributed by atoms with Crippen LogP contribution >= 0.6 is 0 Å². The second kappa shape index (κ2) is 6.27. The molecular formula is C19H18FN3O2. The van der Waals surface area contributed by atoms with Crippen LogP contribution in [0.5, 0.6) is 0 Å². The van der Waals surface area contributed by atoms with Gasteiger partial charge >= 0.3 is 0 Å². The molecule has 0 bridgehead atoms. The first kappa shape index (κ1) is 15.7. The molecule has 0 aliphatic carbocycles. The van der Waals surface area contributed by atoms with Crippen LogP contribution in [0.15, 0.2) is 40.9 Å². The molecule has 0 saturated carbocycles. The Morgan fingerprint density at radius 2 is 2.20 bits per heavy atom. The van der Waals surface area contributed by atoms with Gasteiger partial charge in [-0.15, -0.1) is 0 Å². The fourth-order valence-corrected chi connectivity index (χ4v) is 3.34. The molecule has 1 aromatic carbocycles. The predicted octanol–water partition coefficient (Wildman–Crippen LogP) is 3.69. The number of aryl methyl sites for hydroxylation is 1. The molecule has 0 N–H and O–H groups in total. The zero-order chi connectivity index (χ0) is 17.4. The fraction of sp³-hybridized carbons (Fsp3) is 0.316. The van der Waals surface area contributed by atoms with Gasteiger partial charge in [-0.25, -0.2) is 14.4 Å². The van der Waals surface area contributed by atoms with Crippen LogP contribution in [0, 0.1) is 12.7 Å². The molecule has 1 amide bonds. The zero-order valence-corrected chi connectivity index (χ0v) is 13.9. The fourth-order valence-electron chi connectivity index (χ4n) is 3.34. The van der Waals surface area contributed by atoms with Gasteiger partial charge in [0, 0.05) is 13.1 Å². The smallest absolute Gasteiger partial charge is 0.272 e. The summed E-state index contributed by atoms with van der Waals surface area (Å²) >= 11 is 0. The van der Waals surface area contributed by atoms with Crippen molar-refractivity contribution in [3.8, 4) is 0 Å². The summed E-state index contributed by atoms with van der Waals surface area (Å²) in [5.41, 5.74) is 2.45. The summed E-state index contributed by atoms with van der Waals surface area (Å²) in [6.45, 7) is 2.89. The minimum Gasteiger partial charge on any atom is -0.440 e. The molecular weight excluding hydrogens is 321 g/mol. The molecule has 6 heteroatoms. The number of hydrogen-bond donors (Lipinski definition) is 0. The molecule has 1 saturated heterocycles. The van der Waals surface area contributed by atoms with E-state index in [-0.39, 0.29) is 11.8 Å². The lowest BCUT2D eigenvalue weighted by Gasteiger charge is -2.31. The van der Waals surface area contributed by atoms with E-state index in [1.54, 1.807) is 11.8 Å². The quantitative estimate of drug-likeness (QED) is 0.714. The van der Waals surface area contributed by atoms with Gasteiger partial charge in [0.2, 0.25) is 0 Å². The maximum Gasteiger partial charge on any atom is 0.272 e. The maximum atomic E-state index is 13.2. The average Bonchev–Trinajstić information content (AvgIpc) is 3.05. The highest BCUT2D eigenvalue weighted by Crippen LogP contribution is 2.29. The first-order valence-corrected chi connectivity index (χ1v) is 8.38. The third-order valence-electron chi connectivity index (χ3n) is 4.62. The number of aromatic nitrogens is 2. The summed E-state index contributed by atoms with van der Waals surface area (Å²) in [7, 11) is 0. The van der Waals surface area contributed by atoms with Gasteiger partial charge < -0.3 is 9.32 Å². The Morgan fingerprint density at radius 3 is 3.00 bits per heavy atom. The van der Waals surface area contributed by atoms with Crippen LogP contribution in [0.1, 0.15) is 40.7 Å². The van der Waals surface area contributed by atoms with Crippen molar-refractivity contribution in [2.75, 3.05) is 13.1 Å². The van der Waals surface area contributed by atoms with Crippen LogP contribution in [-0.2, 0) is 0 Å². The molecule has 1 unspecified atom stereocenters. The van der Waals surface area contributed by atoms with Crippen molar-refractivity contribution >= 4 is 17.0 Å². The topological polar surface area (TPSA) is 59.2 Å². The van der Waals surface area contributed by atoms with Gasteiger partial charge in [-0.1, -0.05) is 12.1 Å². The van der Waals surface area contributed by atoms with Crippen LogP contribution in [0.2, 0.25) is 0 Å². The van der Waals surface area contributed by atoms with Gasteiger partial charge in [0.1, 0.15) is 17.0 Å². The second-order valence-electron chi connectivity index (χ2n) is 6.43. The number of fused-ring (bicyclic) bond motifs is 1. The number of halogens is 1. The summed E-state index contributed by atoms with van der Waals surface area (Å²) < 4.78 is 19.1. The molecule has 1 aliphatic rings. The van der Waals surface area contributed by atoms with E-state index in [0.717, 1.165) is 30.1 Å². The number of hydrogen-bond acceptors (Lipinski definition) is 4. The van der Waals surface area contributed by atoms with E-state index in [1.165, 1.54) is 6.07 Å². The Kier molecular flexibility index (Phi) is 3.95. The van der Waals surface area contributed by atoms with Crippen LogP contribution in [0.25, 0.3) is 11.1 Å². The minimum atomic E-state index is -0.433. The van der Waals surface area contributed by atoms with Crippen molar-refractivity contribution in [3.63, 3.8) is 0 Å². The van der Waals surface area contributed by atoms with E-state index in [9.17, 15) is 9.18 Å². The van der Waals surface area contributed by atoms with Gasteiger partial charge in [-0.2, -0.15) is 0 Å². The number of amides is 1. The number of carbonyl (C=O) groups is 1. The number of pyridine rings is 1.